The Morgan fingerprint density at radius 2 is 1.77 bits per heavy atom. The standard InChI is InChI=1S/C21H30N4O/c1-5-24-10-12-25(13-11-24)21-22-16(4)19(20(26)23-21)14-17-6-8-18(9-7-17)15(2)3/h6-9,15H,5,10-14H2,1-4H3,(H,22,23,26). The fourth-order valence-corrected chi connectivity index (χ4v) is 3.45. The van der Waals surface area contributed by atoms with Gasteiger partial charge in [0.15, 0.2) is 0 Å². The number of anilines is 1. The third-order valence-corrected chi connectivity index (χ3v) is 5.36. The lowest BCUT2D eigenvalue weighted by atomic mass is 9.99. The number of nitrogens with one attached hydrogen (secondary N) is 1. The fourth-order valence-electron chi connectivity index (χ4n) is 3.45. The molecule has 5 nitrogen and oxygen atoms in total. The lowest BCUT2D eigenvalue weighted by Crippen LogP contribution is -2.47. The molecule has 0 spiro atoms. The van der Waals surface area contributed by atoms with E-state index >= 15 is 0 Å². The maximum absolute atomic E-state index is 12.7. The second kappa shape index (κ2) is 8.04. The van der Waals surface area contributed by atoms with Crippen molar-refractivity contribution < 1.29 is 0 Å². The Bertz CT molecular complexity index is 787. The van der Waals surface area contributed by atoms with Gasteiger partial charge >= 0.3 is 0 Å². The van der Waals surface area contributed by atoms with Crippen LogP contribution >= 0.6 is 0 Å². The summed E-state index contributed by atoms with van der Waals surface area (Å²) < 4.78 is 0. The molecule has 0 atom stereocenters. The maximum atomic E-state index is 12.7. The summed E-state index contributed by atoms with van der Waals surface area (Å²) in [7, 11) is 0. The topological polar surface area (TPSA) is 52.2 Å². The van der Waals surface area contributed by atoms with Gasteiger partial charge in [-0.2, -0.15) is 0 Å². The van der Waals surface area contributed by atoms with Crippen LogP contribution in [0.25, 0.3) is 0 Å². The lowest BCUT2D eigenvalue weighted by molar-refractivity contribution is 0.269. The predicted molar refractivity (Wildman–Crippen MR) is 107 cm³/mol. The van der Waals surface area contributed by atoms with Crippen LogP contribution in [0.2, 0.25) is 0 Å². The van der Waals surface area contributed by atoms with Crippen molar-refractivity contribution in [3.05, 3.63) is 57.0 Å². The first kappa shape index (κ1) is 18.6. The largest absolute Gasteiger partial charge is 0.340 e. The van der Waals surface area contributed by atoms with Gasteiger partial charge in [0.1, 0.15) is 0 Å². The van der Waals surface area contributed by atoms with Crippen LogP contribution < -0.4 is 10.5 Å². The Balaban J connectivity index is 1.76. The molecule has 5 heteroatoms. The highest BCUT2D eigenvalue weighted by Gasteiger charge is 2.19. The summed E-state index contributed by atoms with van der Waals surface area (Å²) in [5, 5.41) is 0. The minimum atomic E-state index is -0.0154. The lowest BCUT2D eigenvalue weighted by Gasteiger charge is -2.34. The summed E-state index contributed by atoms with van der Waals surface area (Å²) in [5.74, 6) is 1.23. The van der Waals surface area contributed by atoms with Crippen LogP contribution in [-0.4, -0.2) is 47.6 Å². The molecule has 0 radical (unpaired) electrons. The number of likely N-dealkylation sites (N-methyl/N-ethyl adjacent to an activating group) is 1. The predicted octanol–water partition coefficient (Wildman–Crippen LogP) is 2.93. The van der Waals surface area contributed by atoms with Gasteiger partial charge in [-0.3, -0.25) is 9.78 Å². The summed E-state index contributed by atoms with van der Waals surface area (Å²) in [5.41, 5.74) is 4.04. The van der Waals surface area contributed by atoms with E-state index in [2.05, 4.69) is 59.8 Å². The molecule has 0 saturated carbocycles. The minimum Gasteiger partial charge on any atom is -0.340 e. The summed E-state index contributed by atoms with van der Waals surface area (Å²) in [4.78, 5) is 25.0. The molecule has 0 amide bonds. The van der Waals surface area contributed by atoms with Gasteiger partial charge in [-0.05, 0) is 30.5 Å². The number of aromatic amines is 1. The zero-order valence-corrected chi connectivity index (χ0v) is 16.4. The van der Waals surface area contributed by atoms with Crippen molar-refractivity contribution in [1.29, 1.82) is 0 Å². The molecule has 2 aromatic rings. The van der Waals surface area contributed by atoms with E-state index in [0.717, 1.165) is 49.5 Å². The molecule has 0 unspecified atom stereocenters. The molecule has 3 rings (SSSR count). The van der Waals surface area contributed by atoms with Crippen molar-refractivity contribution in [3.8, 4) is 0 Å². The summed E-state index contributed by atoms with van der Waals surface area (Å²) in [6, 6.07) is 8.54. The van der Waals surface area contributed by atoms with Crippen molar-refractivity contribution in [1.82, 2.24) is 14.9 Å². The van der Waals surface area contributed by atoms with Crippen LogP contribution in [0.3, 0.4) is 0 Å². The Kier molecular flexibility index (Phi) is 5.77. The van der Waals surface area contributed by atoms with Gasteiger partial charge in [-0.15, -0.1) is 0 Å². The molecule has 1 N–H and O–H groups in total. The first-order valence-electron chi connectivity index (χ1n) is 9.64. The Hall–Kier alpha value is -2.14. The SMILES string of the molecule is CCN1CCN(c2nc(C)c(Cc3ccc(C(C)C)cc3)c(=O)[nH]2)CC1. The molecule has 1 aliphatic rings. The van der Waals surface area contributed by atoms with Gasteiger partial charge in [-0.1, -0.05) is 45.0 Å². The molecule has 2 heterocycles. The Morgan fingerprint density at radius 3 is 2.31 bits per heavy atom. The normalized spacial score (nSPS) is 15.7. The molecule has 1 saturated heterocycles. The van der Waals surface area contributed by atoms with Gasteiger partial charge in [0, 0.05) is 38.2 Å². The number of H-pyrrole nitrogens is 1. The molecular weight excluding hydrogens is 324 g/mol. The van der Waals surface area contributed by atoms with E-state index in [1.807, 2.05) is 6.92 Å². The van der Waals surface area contributed by atoms with E-state index in [4.69, 9.17) is 4.98 Å². The van der Waals surface area contributed by atoms with Crippen LogP contribution in [0, 0.1) is 6.92 Å². The van der Waals surface area contributed by atoms with E-state index < -0.39 is 0 Å². The van der Waals surface area contributed by atoms with E-state index in [-0.39, 0.29) is 5.56 Å². The smallest absolute Gasteiger partial charge is 0.256 e. The number of aromatic nitrogens is 2. The fraction of sp³-hybridized carbons (Fsp3) is 0.524. The number of hydrogen-bond donors (Lipinski definition) is 1. The summed E-state index contributed by atoms with van der Waals surface area (Å²) >= 11 is 0. The van der Waals surface area contributed by atoms with Crippen molar-refractivity contribution in [2.45, 2.75) is 40.0 Å². The van der Waals surface area contributed by atoms with Gasteiger partial charge in [-0.25, -0.2) is 4.98 Å². The second-order valence-corrected chi connectivity index (χ2v) is 7.45. The van der Waals surface area contributed by atoms with Gasteiger partial charge in [0.25, 0.3) is 5.56 Å². The first-order chi connectivity index (χ1) is 12.5. The van der Waals surface area contributed by atoms with Gasteiger partial charge in [0.2, 0.25) is 5.95 Å². The number of hydrogen-bond acceptors (Lipinski definition) is 4. The van der Waals surface area contributed by atoms with E-state index in [1.165, 1.54) is 5.56 Å². The van der Waals surface area contributed by atoms with Gasteiger partial charge in [0.05, 0.1) is 5.69 Å². The minimum absolute atomic E-state index is 0.0154. The molecule has 1 aliphatic heterocycles. The maximum Gasteiger partial charge on any atom is 0.256 e. The molecule has 1 aromatic carbocycles. The van der Waals surface area contributed by atoms with Crippen molar-refractivity contribution in [3.63, 3.8) is 0 Å². The molecule has 0 aliphatic carbocycles. The number of rotatable bonds is 5. The van der Waals surface area contributed by atoms with Crippen LogP contribution in [-0.2, 0) is 6.42 Å². The van der Waals surface area contributed by atoms with Crippen molar-refractivity contribution in [2.75, 3.05) is 37.6 Å². The second-order valence-electron chi connectivity index (χ2n) is 7.45. The van der Waals surface area contributed by atoms with Crippen molar-refractivity contribution >= 4 is 5.95 Å². The van der Waals surface area contributed by atoms with Crippen LogP contribution in [0.1, 0.15) is 49.1 Å². The zero-order valence-electron chi connectivity index (χ0n) is 16.4. The number of aryl methyl sites for hydroxylation is 1. The first-order valence-corrected chi connectivity index (χ1v) is 9.64. The molecule has 1 aromatic heterocycles. The summed E-state index contributed by atoms with van der Waals surface area (Å²) in [6.07, 6.45) is 0.621. The third kappa shape index (κ3) is 4.15. The zero-order chi connectivity index (χ0) is 18.7. The molecule has 26 heavy (non-hydrogen) atoms. The quantitative estimate of drug-likeness (QED) is 0.897. The Morgan fingerprint density at radius 1 is 1.12 bits per heavy atom. The summed E-state index contributed by atoms with van der Waals surface area (Å²) in [6.45, 7) is 13.4. The molecule has 140 valence electrons. The monoisotopic (exact) mass is 354 g/mol. The van der Waals surface area contributed by atoms with Crippen LogP contribution in [0.5, 0.6) is 0 Å². The highest BCUT2D eigenvalue weighted by molar-refractivity contribution is 5.36. The van der Waals surface area contributed by atoms with Crippen LogP contribution in [0.15, 0.2) is 29.1 Å². The average Bonchev–Trinajstić information content (AvgIpc) is 2.65. The molecule has 1 fully saturated rings. The van der Waals surface area contributed by atoms with Crippen LogP contribution in [0.4, 0.5) is 5.95 Å². The average molecular weight is 354 g/mol. The van der Waals surface area contributed by atoms with Gasteiger partial charge < -0.3 is 9.80 Å². The molecular formula is C21H30N4O. The highest BCUT2D eigenvalue weighted by atomic mass is 16.1. The number of nitrogens with zero attached hydrogens (tertiary/aromatic N) is 3. The van der Waals surface area contributed by atoms with E-state index in [0.29, 0.717) is 18.3 Å². The van der Waals surface area contributed by atoms with E-state index in [1.54, 1.807) is 0 Å². The number of benzene rings is 1. The third-order valence-electron chi connectivity index (χ3n) is 5.36. The highest BCUT2D eigenvalue weighted by Crippen LogP contribution is 2.17. The van der Waals surface area contributed by atoms with Crippen molar-refractivity contribution in [2.24, 2.45) is 0 Å². The number of piperazine rings is 1. The Labute approximate surface area is 156 Å². The van der Waals surface area contributed by atoms with E-state index in [9.17, 15) is 4.79 Å². The molecule has 0 bridgehead atoms.